The molecule has 0 aromatic heterocycles. The number of halogens is 1. The first-order valence-electron chi connectivity index (χ1n) is 7.06. The van der Waals surface area contributed by atoms with Crippen molar-refractivity contribution < 1.29 is 14.3 Å². The van der Waals surface area contributed by atoms with Gasteiger partial charge in [0, 0.05) is 17.1 Å². The number of benzene rings is 2. The van der Waals surface area contributed by atoms with E-state index in [-0.39, 0.29) is 12.3 Å². The van der Waals surface area contributed by atoms with Crippen molar-refractivity contribution in [2.75, 3.05) is 12.4 Å². The van der Waals surface area contributed by atoms with Gasteiger partial charge in [0.05, 0.1) is 7.11 Å². The number of carbonyl (C=O) groups excluding carboxylic acids is 2. The van der Waals surface area contributed by atoms with E-state index in [2.05, 4.69) is 10.6 Å². The molecule has 6 heteroatoms. The van der Waals surface area contributed by atoms with E-state index in [9.17, 15) is 9.59 Å². The molecule has 0 atom stereocenters. The lowest BCUT2D eigenvalue weighted by atomic mass is 10.1. The lowest BCUT2D eigenvalue weighted by Crippen LogP contribution is -2.34. The number of anilines is 1. The minimum Gasteiger partial charge on any atom is -0.497 e. The van der Waals surface area contributed by atoms with Crippen molar-refractivity contribution in [2.24, 2.45) is 0 Å². The van der Waals surface area contributed by atoms with E-state index in [1.807, 2.05) is 24.3 Å². The van der Waals surface area contributed by atoms with Gasteiger partial charge in [0.1, 0.15) is 5.75 Å². The molecule has 23 heavy (non-hydrogen) atoms. The Hall–Kier alpha value is -2.53. The summed E-state index contributed by atoms with van der Waals surface area (Å²) in [7, 11) is 1.60. The van der Waals surface area contributed by atoms with Crippen LogP contribution in [0.5, 0.6) is 5.75 Å². The average molecular weight is 333 g/mol. The fraction of sp³-hybridized carbons (Fsp3) is 0.176. The van der Waals surface area contributed by atoms with Gasteiger partial charge in [-0.2, -0.15) is 0 Å². The normalized spacial score (nSPS) is 10.0. The topological polar surface area (TPSA) is 67.4 Å². The van der Waals surface area contributed by atoms with Gasteiger partial charge in [-0.25, -0.2) is 4.79 Å². The van der Waals surface area contributed by atoms with Crippen molar-refractivity contribution in [3.63, 3.8) is 0 Å². The number of imide groups is 1. The smallest absolute Gasteiger partial charge is 0.325 e. The number of methoxy groups -OCH3 is 1. The van der Waals surface area contributed by atoms with Crippen LogP contribution in [-0.2, 0) is 11.2 Å². The number of carbonyl (C=O) groups is 2. The molecule has 2 aromatic rings. The molecule has 0 aliphatic rings. The molecule has 0 bridgehead atoms. The number of aryl methyl sites for hydroxylation is 1. The van der Waals surface area contributed by atoms with Crippen LogP contribution in [0.15, 0.2) is 48.5 Å². The van der Waals surface area contributed by atoms with Gasteiger partial charge in [-0.05, 0) is 48.4 Å². The van der Waals surface area contributed by atoms with Crippen LogP contribution < -0.4 is 15.4 Å². The number of urea groups is 1. The van der Waals surface area contributed by atoms with Crippen LogP contribution in [0.3, 0.4) is 0 Å². The van der Waals surface area contributed by atoms with Gasteiger partial charge in [-0.15, -0.1) is 0 Å². The monoisotopic (exact) mass is 332 g/mol. The Morgan fingerprint density at radius 1 is 1.04 bits per heavy atom. The molecule has 0 saturated carbocycles. The second-order valence-corrected chi connectivity index (χ2v) is 5.29. The highest BCUT2D eigenvalue weighted by Gasteiger charge is 2.08. The number of hydrogen-bond acceptors (Lipinski definition) is 3. The van der Waals surface area contributed by atoms with Gasteiger partial charge in [-0.3, -0.25) is 10.1 Å². The lowest BCUT2D eigenvalue weighted by molar-refractivity contribution is -0.119. The quantitative estimate of drug-likeness (QED) is 0.878. The summed E-state index contributed by atoms with van der Waals surface area (Å²) >= 11 is 5.76. The summed E-state index contributed by atoms with van der Waals surface area (Å²) in [5.74, 6) is 0.424. The minimum atomic E-state index is -0.563. The maximum atomic E-state index is 11.8. The molecule has 120 valence electrons. The predicted octanol–water partition coefficient (Wildman–Crippen LogP) is 3.63. The van der Waals surface area contributed by atoms with Gasteiger partial charge in [0.2, 0.25) is 5.91 Å². The standard InChI is InChI=1S/C17H17ClN2O3/c1-23-15-9-2-12(3-10-15)4-11-16(21)20-17(22)19-14-7-5-13(18)6-8-14/h2-3,5-10H,4,11H2,1H3,(H2,19,20,21,22). The number of hydrogen-bond donors (Lipinski definition) is 2. The molecule has 2 N–H and O–H groups in total. The van der Waals surface area contributed by atoms with Gasteiger partial charge < -0.3 is 10.1 Å². The summed E-state index contributed by atoms with van der Waals surface area (Å²) in [6.45, 7) is 0. The molecule has 5 nitrogen and oxygen atoms in total. The Morgan fingerprint density at radius 3 is 2.30 bits per heavy atom. The van der Waals surface area contributed by atoms with E-state index in [1.54, 1.807) is 31.4 Å². The Bertz CT molecular complexity index is 669. The third-order valence-corrected chi connectivity index (χ3v) is 3.41. The molecule has 0 aliphatic heterocycles. The van der Waals surface area contributed by atoms with Crippen LogP contribution in [0.1, 0.15) is 12.0 Å². The molecule has 2 aromatic carbocycles. The second kappa shape index (κ2) is 8.19. The van der Waals surface area contributed by atoms with Crippen LogP contribution in [-0.4, -0.2) is 19.0 Å². The third kappa shape index (κ3) is 5.64. The summed E-state index contributed by atoms with van der Waals surface area (Å²) in [5.41, 5.74) is 1.56. The largest absolute Gasteiger partial charge is 0.497 e. The van der Waals surface area contributed by atoms with Gasteiger partial charge >= 0.3 is 6.03 Å². The first-order valence-corrected chi connectivity index (χ1v) is 7.44. The fourth-order valence-corrected chi connectivity index (χ4v) is 2.06. The summed E-state index contributed by atoms with van der Waals surface area (Å²) in [5, 5.41) is 5.43. The Balaban J connectivity index is 1.77. The van der Waals surface area contributed by atoms with Crippen molar-refractivity contribution in [3.8, 4) is 5.75 Å². The second-order valence-electron chi connectivity index (χ2n) is 4.86. The molecule has 0 aliphatic carbocycles. The van der Waals surface area contributed by atoms with Crippen molar-refractivity contribution in [3.05, 3.63) is 59.1 Å². The number of rotatable bonds is 5. The molecule has 3 amide bonds. The summed E-state index contributed by atoms with van der Waals surface area (Å²) in [6, 6.07) is 13.5. The van der Waals surface area contributed by atoms with Gasteiger partial charge in [-0.1, -0.05) is 23.7 Å². The third-order valence-electron chi connectivity index (χ3n) is 3.15. The van der Waals surface area contributed by atoms with E-state index >= 15 is 0 Å². The average Bonchev–Trinajstić information content (AvgIpc) is 2.55. The number of amides is 3. The molecular weight excluding hydrogens is 316 g/mol. The van der Waals surface area contributed by atoms with Crippen molar-refractivity contribution >= 4 is 29.2 Å². The Morgan fingerprint density at radius 2 is 1.70 bits per heavy atom. The van der Waals surface area contributed by atoms with E-state index in [0.29, 0.717) is 17.1 Å². The fourth-order valence-electron chi connectivity index (χ4n) is 1.93. The van der Waals surface area contributed by atoms with Crippen LogP contribution in [0.2, 0.25) is 5.02 Å². The van der Waals surface area contributed by atoms with Crippen molar-refractivity contribution in [1.82, 2.24) is 5.32 Å². The summed E-state index contributed by atoms with van der Waals surface area (Å²) in [6.07, 6.45) is 0.768. The van der Waals surface area contributed by atoms with Gasteiger partial charge in [0.15, 0.2) is 0 Å². The zero-order valence-corrected chi connectivity index (χ0v) is 13.4. The van der Waals surface area contributed by atoms with E-state index in [4.69, 9.17) is 16.3 Å². The van der Waals surface area contributed by atoms with Crippen LogP contribution in [0.25, 0.3) is 0 Å². The molecule has 0 fully saturated rings. The van der Waals surface area contributed by atoms with Crippen LogP contribution in [0.4, 0.5) is 10.5 Å². The zero-order valence-electron chi connectivity index (χ0n) is 12.6. The molecular formula is C17H17ClN2O3. The van der Waals surface area contributed by atoms with Crippen molar-refractivity contribution in [1.29, 1.82) is 0 Å². The van der Waals surface area contributed by atoms with Crippen LogP contribution >= 0.6 is 11.6 Å². The maximum absolute atomic E-state index is 11.8. The first kappa shape index (κ1) is 16.8. The maximum Gasteiger partial charge on any atom is 0.325 e. The zero-order chi connectivity index (χ0) is 16.7. The Labute approximate surface area is 139 Å². The molecule has 0 saturated heterocycles. The highest BCUT2D eigenvalue weighted by Crippen LogP contribution is 2.14. The minimum absolute atomic E-state index is 0.223. The highest BCUT2D eigenvalue weighted by atomic mass is 35.5. The van der Waals surface area contributed by atoms with Crippen LogP contribution in [0, 0.1) is 0 Å². The Kier molecular flexibility index (Phi) is 6.00. The van der Waals surface area contributed by atoms with E-state index in [1.165, 1.54) is 0 Å². The predicted molar refractivity (Wildman–Crippen MR) is 89.9 cm³/mol. The van der Waals surface area contributed by atoms with E-state index < -0.39 is 6.03 Å². The highest BCUT2D eigenvalue weighted by molar-refractivity contribution is 6.30. The van der Waals surface area contributed by atoms with Gasteiger partial charge in [0.25, 0.3) is 0 Å². The number of ether oxygens (including phenoxy) is 1. The molecule has 2 rings (SSSR count). The molecule has 0 radical (unpaired) electrons. The SMILES string of the molecule is COc1ccc(CCC(=O)NC(=O)Nc2ccc(Cl)cc2)cc1. The summed E-state index contributed by atoms with van der Waals surface area (Å²) < 4.78 is 5.07. The molecule has 0 heterocycles. The molecule has 0 spiro atoms. The van der Waals surface area contributed by atoms with E-state index in [0.717, 1.165) is 11.3 Å². The molecule has 0 unspecified atom stereocenters. The summed E-state index contributed by atoms with van der Waals surface area (Å²) in [4.78, 5) is 23.5. The first-order chi connectivity index (χ1) is 11.1. The lowest BCUT2D eigenvalue weighted by Gasteiger charge is -2.07. The number of nitrogens with one attached hydrogen (secondary N) is 2. The van der Waals surface area contributed by atoms with Crippen molar-refractivity contribution in [2.45, 2.75) is 12.8 Å².